The van der Waals surface area contributed by atoms with Gasteiger partial charge in [0.2, 0.25) is 0 Å². The molecule has 88 valence electrons. The molecule has 0 fully saturated rings. The van der Waals surface area contributed by atoms with Crippen molar-refractivity contribution in [3.05, 3.63) is 59.7 Å². The molecule has 0 radical (unpaired) electrons. The number of nitrogen functional groups attached to an aromatic ring is 1. The van der Waals surface area contributed by atoms with Gasteiger partial charge in [-0.2, -0.15) is 0 Å². The second-order valence-corrected chi connectivity index (χ2v) is 3.64. The first-order valence-electron chi connectivity index (χ1n) is 5.07. The highest BCUT2D eigenvalue weighted by Crippen LogP contribution is 2.16. The van der Waals surface area contributed by atoms with Gasteiger partial charge in [0, 0.05) is 11.8 Å². The summed E-state index contributed by atoms with van der Waals surface area (Å²) in [7, 11) is 0. The lowest BCUT2D eigenvalue weighted by molar-refractivity contribution is 0.304. The van der Waals surface area contributed by atoms with Crippen LogP contribution < -0.4 is 10.5 Å². The second-order valence-electron chi connectivity index (χ2n) is 3.64. The number of ether oxygens (including phenoxy) is 1. The summed E-state index contributed by atoms with van der Waals surface area (Å²) in [5.41, 5.74) is 6.44. The van der Waals surface area contributed by atoms with E-state index in [-0.39, 0.29) is 12.4 Å². The second kappa shape index (κ2) is 4.82. The lowest BCUT2D eigenvalue weighted by Crippen LogP contribution is -1.98. The SMILES string of the molecule is Nc1cc(F)cc(COc2cccc(F)c2)c1. The predicted molar refractivity (Wildman–Crippen MR) is 61.5 cm³/mol. The lowest BCUT2D eigenvalue weighted by atomic mass is 10.2. The van der Waals surface area contributed by atoms with Crippen molar-refractivity contribution in [3.63, 3.8) is 0 Å². The van der Waals surface area contributed by atoms with Gasteiger partial charge in [0.15, 0.2) is 0 Å². The quantitative estimate of drug-likeness (QED) is 0.829. The van der Waals surface area contributed by atoms with Crippen molar-refractivity contribution in [2.45, 2.75) is 6.61 Å². The number of halogens is 2. The molecular formula is C13H11F2NO. The molecule has 0 saturated heterocycles. The fourth-order valence-corrected chi connectivity index (χ4v) is 1.48. The van der Waals surface area contributed by atoms with E-state index in [0.717, 1.165) is 0 Å². The Morgan fingerprint density at radius 1 is 1.00 bits per heavy atom. The van der Waals surface area contributed by atoms with Crippen LogP contribution in [0.5, 0.6) is 5.75 Å². The van der Waals surface area contributed by atoms with Crippen molar-refractivity contribution in [2.75, 3.05) is 5.73 Å². The monoisotopic (exact) mass is 235 g/mol. The Morgan fingerprint density at radius 2 is 1.82 bits per heavy atom. The van der Waals surface area contributed by atoms with E-state index in [1.54, 1.807) is 18.2 Å². The average molecular weight is 235 g/mol. The third kappa shape index (κ3) is 3.17. The van der Waals surface area contributed by atoms with Gasteiger partial charge < -0.3 is 10.5 Å². The third-order valence-corrected chi connectivity index (χ3v) is 2.18. The van der Waals surface area contributed by atoms with Crippen LogP contribution in [-0.2, 0) is 6.61 Å². The van der Waals surface area contributed by atoms with Gasteiger partial charge in [-0.25, -0.2) is 8.78 Å². The van der Waals surface area contributed by atoms with Gasteiger partial charge in [0.25, 0.3) is 0 Å². The molecule has 2 nitrogen and oxygen atoms in total. The molecule has 0 atom stereocenters. The van der Waals surface area contributed by atoms with E-state index in [9.17, 15) is 8.78 Å². The molecule has 4 heteroatoms. The molecule has 2 aromatic carbocycles. The van der Waals surface area contributed by atoms with Crippen molar-refractivity contribution in [3.8, 4) is 5.75 Å². The standard InChI is InChI=1S/C13H11F2NO/c14-10-2-1-3-13(7-10)17-8-9-4-11(15)6-12(16)5-9/h1-7H,8,16H2. The molecule has 0 spiro atoms. The summed E-state index contributed by atoms with van der Waals surface area (Å²) in [5, 5.41) is 0. The zero-order valence-corrected chi connectivity index (χ0v) is 8.99. The molecule has 0 unspecified atom stereocenters. The Bertz CT molecular complexity index is 508. The Kier molecular flexibility index (Phi) is 3.23. The van der Waals surface area contributed by atoms with Crippen molar-refractivity contribution >= 4 is 5.69 Å². The molecule has 0 saturated carbocycles. The van der Waals surface area contributed by atoms with E-state index in [1.807, 2.05) is 0 Å². The van der Waals surface area contributed by atoms with Crippen molar-refractivity contribution in [2.24, 2.45) is 0 Å². The molecule has 0 aliphatic carbocycles. The van der Waals surface area contributed by atoms with Crippen LogP contribution in [-0.4, -0.2) is 0 Å². The largest absolute Gasteiger partial charge is 0.489 e. The molecule has 0 bridgehead atoms. The zero-order valence-electron chi connectivity index (χ0n) is 8.99. The summed E-state index contributed by atoms with van der Waals surface area (Å²) in [4.78, 5) is 0. The molecule has 0 heterocycles. The molecule has 2 aromatic rings. The molecule has 2 rings (SSSR count). The van der Waals surface area contributed by atoms with Gasteiger partial charge in [-0.05, 0) is 35.9 Å². The molecule has 0 aromatic heterocycles. The third-order valence-electron chi connectivity index (χ3n) is 2.18. The first-order valence-corrected chi connectivity index (χ1v) is 5.07. The maximum absolute atomic E-state index is 13.0. The van der Waals surface area contributed by atoms with Gasteiger partial charge in [-0.1, -0.05) is 6.07 Å². The number of nitrogens with two attached hydrogens (primary N) is 1. The maximum Gasteiger partial charge on any atom is 0.126 e. The summed E-state index contributed by atoms with van der Waals surface area (Å²) in [5.74, 6) is -0.392. The number of rotatable bonds is 3. The smallest absolute Gasteiger partial charge is 0.126 e. The van der Waals surface area contributed by atoms with E-state index in [0.29, 0.717) is 17.0 Å². The van der Waals surface area contributed by atoms with Crippen LogP contribution in [0.2, 0.25) is 0 Å². The molecule has 0 aliphatic heterocycles. The summed E-state index contributed by atoms with van der Waals surface area (Å²) in [6, 6.07) is 9.94. The first kappa shape index (κ1) is 11.4. The number of hydrogen-bond donors (Lipinski definition) is 1. The molecule has 17 heavy (non-hydrogen) atoms. The first-order chi connectivity index (χ1) is 8.13. The van der Waals surface area contributed by atoms with Gasteiger partial charge in [0.05, 0.1) is 0 Å². The molecule has 0 amide bonds. The molecule has 0 aliphatic rings. The average Bonchev–Trinajstić information content (AvgIpc) is 2.25. The Balaban J connectivity index is 2.07. The highest BCUT2D eigenvalue weighted by Gasteiger charge is 2.01. The van der Waals surface area contributed by atoms with Crippen LogP contribution in [0, 0.1) is 11.6 Å². The molecular weight excluding hydrogens is 224 g/mol. The van der Waals surface area contributed by atoms with Crippen molar-refractivity contribution in [1.82, 2.24) is 0 Å². The fraction of sp³-hybridized carbons (Fsp3) is 0.0769. The summed E-state index contributed by atoms with van der Waals surface area (Å²) >= 11 is 0. The van der Waals surface area contributed by atoms with Crippen LogP contribution in [0.1, 0.15) is 5.56 Å². The molecule has 2 N–H and O–H groups in total. The zero-order chi connectivity index (χ0) is 12.3. The van der Waals surface area contributed by atoms with Crippen LogP contribution in [0.25, 0.3) is 0 Å². The lowest BCUT2D eigenvalue weighted by Gasteiger charge is -2.07. The normalized spacial score (nSPS) is 10.2. The van der Waals surface area contributed by atoms with E-state index in [2.05, 4.69) is 0 Å². The Hall–Kier alpha value is -2.10. The Morgan fingerprint density at radius 3 is 2.53 bits per heavy atom. The number of anilines is 1. The van der Waals surface area contributed by atoms with Crippen LogP contribution in [0.3, 0.4) is 0 Å². The van der Waals surface area contributed by atoms with E-state index in [4.69, 9.17) is 10.5 Å². The fourth-order valence-electron chi connectivity index (χ4n) is 1.48. The minimum atomic E-state index is -0.414. The highest BCUT2D eigenvalue weighted by molar-refractivity contribution is 5.41. The van der Waals surface area contributed by atoms with Gasteiger partial charge >= 0.3 is 0 Å². The van der Waals surface area contributed by atoms with Crippen molar-refractivity contribution in [1.29, 1.82) is 0 Å². The van der Waals surface area contributed by atoms with E-state index in [1.165, 1.54) is 24.3 Å². The number of hydrogen-bond acceptors (Lipinski definition) is 2. The van der Waals surface area contributed by atoms with Crippen LogP contribution >= 0.6 is 0 Å². The Labute approximate surface area is 97.6 Å². The van der Waals surface area contributed by atoms with Gasteiger partial charge in [-0.3, -0.25) is 0 Å². The number of benzene rings is 2. The minimum absolute atomic E-state index is 0.144. The minimum Gasteiger partial charge on any atom is -0.489 e. The maximum atomic E-state index is 13.0. The summed E-state index contributed by atoms with van der Waals surface area (Å²) in [6.45, 7) is 0.144. The van der Waals surface area contributed by atoms with E-state index < -0.39 is 5.82 Å². The van der Waals surface area contributed by atoms with Gasteiger partial charge in [0.1, 0.15) is 24.0 Å². The predicted octanol–water partition coefficient (Wildman–Crippen LogP) is 3.13. The van der Waals surface area contributed by atoms with E-state index >= 15 is 0 Å². The van der Waals surface area contributed by atoms with Gasteiger partial charge in [-0.15, -0.1) is 0 Å². The topological polar surface area (TPSA) is 35.2 Å². The van der Waals surface area contributed by atoms with Crippen LogP contribution in [0.15, 0.2) is 42.5 Å². The summed E-state index contributed by atoms with van der Waals surface area (Å²) in [6.07, 6.45) is 0. The van der Waals surface area contributed by atoms with Crippen LogP contribution in [0.4, 0.5) is 14.5 Å². The summed E-state index contributed by atoms with van der Waals surface area (Å²) < 4.78 is 31.2. The van der Waals surface area contributed by atoms with Crippen molar-refractivity contribution < 1.29 is 13.5 Å². The highest BCUT2D eigenvalue weighted by atomic mass is 19.1.